The number of piperazine rings is 1. The Morgan fingerprint density at radius 1 is 1.08 bits per heavy atom. The third-order valence-electron chi connectivity index (χ3n) is 5.34. The lowest BCUT2D eigenvalue weighted by Gasteiger charge is -2.35. The van der Waals surface area contributed by atoms with Crippen molar-refractivity contribution in [1.82, 2.24) is 15.2 Å². The molecule has 2 atom stereocenters. The minimum absolute atomic E-state index is 0. The number of pyridine rings is 1. The minimum Gasteiger partial charge on any atom is -0.357 e. The van der Waals surface area contributed by atoms with Crippen molar-refractivity contribution in [3.63, 3.8) is 0 Å². The van der Waals surface area contributed by atoms with Crippen LogP contribution < -0.4 is 10.7 Å². The monoisotopic (exact) mass is 369 g/mol. The predicted molar refractivity (Wildman–Crippen MR) is 104 cm³/mol. The molecular formula is C18H25Cl2N3O. The van der Waals surface area contributed by atoms with Crippen LogP contribution in [0.15, 0.2) is 23.0 Å². The number of nitrogens with zero attached hydrogens (tertiary/aromatic N) is 1. The van der Waals surface area contributed by atoms with E-state index in [4.69, 9.17) is 0 Å². The molecule has 0 amide bonds. The minimum atomic E-state index is 0. The molecule has 6 heteroatoms. The second-order valence-corrected chi connectivity index (χ2v) is 6.82. The molecule has 2 aliphatic rings. The first-order valence-electron chi connectivity index (χ1n) is 8.22. The molecule has 2 fully saturated rings. The molecule has 4 rings (SSSR count). The number of H-pyrrole nitrogens is 1. The average molecular weight is 370 g/mol. The molecule has 0 radical (unpaired) electrons. The van der Waals surface area contributed by atoms with Crippen LogP contribution >= 0.6 is 24.8 Å². The molecule has 2 aromatic rings. The van der Waals surface area contributed by atoms with Gasteiger partial charge in [0.2, 0.25) is 0 Å². The van der Waals surface area contributed by atoms with Gasteiger partial charge in [-0.25, -0.2) is 0 Å². The van der Waals surface area contributed by atoms with E-state index in [2.05, 4.69) is 28.2 Å². The summed E-state index contributed by atoms with van der Waals surface area (Å²) >= 11 is 0. The molecule has 3 heterocycles. The van der Waals surface area contributed by atoms with Crippen molar-refractivity contribution < 1.29 is 0 Å². The molecule has 2 N–H and O–H groups in total. The van der Waals surface area contributed by atoms with E-state index in [-0.39, 0.29) is 30.2 Å². The summed E-state index contributed by atoms with van der Waals surface area (Å²) < 4.78 is 0. The second kappa shape index (κ2) is 7.44. The van der Waals surface area contributed by atoms with Crippen molar-refractivity contribution in [3.8, 4) is 0 Å². The lowest BCUT2D eigenvalue weighted by Crippen LogP contribution is -2.51. The van der Waals surface area contributed by atoms with Crippen LogP contribution in [0.3, 0.4) is 0 Å². The number of rotatable bonds is 2. The van der Waals surface area contributed by atoms with Crippen molar-refractivity contribution in [2.75, 3.05) is 13.1 Å². The van der Waals surface area contributed by atoms with Gasteiger partial charge in [0.25, 0.3) is 0 Å². The lowest BCUT2D eigenvalue weighted by atomic mass is 10.0. The number of aryl methyl sites for hydroxylation is 2. The van der Waals surface area contributed by atoms with E-state index in [9.17, 15) is 4.79 Å². The van der Waals surface area contributed by atoms with Gasteiger partial charge in [-0.1, -0.05) is 12.1 Å². The van der Waals surface area contributed by atoms with Crippen LogP contribution in [0.2, 0.25) is 0 Å². The van der Waals surface area contributed by atoms with Crippen LogP contribution in [0.4, 0.5) is 0 Å². The fraction of sp³-hybridized carbons (Fsp3) is 0.500. The summed E-state index contributed by atoms with van der Waals surface area (Å²) in [5.74, 6) is 0. The Morgan fingerprint density at radius 2 is 1.71 bits per heavy atom. The normalized spacial score (nSPS) is 22.9. The smallest absolute Gasteiger partial charge is 0.189 e. The van der Waals surface area contributed by atoms with Gasteiger partial charge in [0, 0.05) is 48.9 Å². The Labute approximate surface area is 154 Å². The number of nitrogens with one attached hydrogen (secondary N) is 2. The second-order valence-electron chi connectivity index (χ2n) is 6.82. The summed E-state index contributed by atoms with van der Waals surface area (Å²) in [5, 5.41) is 4.35. The van der Waals surface area contributed by atoms with E-state index in [1.165, 1.54) is 12.8 Å². The summed E-state index contributed by atoms with van der Waals surface area (Å²) in [5.41, 5.74) is 4.39. The fourth-order valence-electron chi connectivity index (χ4n) is 4.13. The molecule has 2 saturated heterocycles. The first-order chi connectivity index (χ1) is 10.6. The lowest BCUT2D eigenvalue weighted by molar-refractivity contribution is 0.144. The van der Waals surface area contributed by atoms with Gasteiger partial charge in [-0.3, -0.25) is 9.69 Å². The van der Waals surface area contributed by atoms with Gasteiger partial charge < -0.3 is 10.3 Å². The molecule has 2 aliphatic heterocycles. The highest BCUT2D eigenvalue weighted by Gasteiger charge is 2.36. The molecule has 4 nitrogen and oxygen atoms in total. The van der Waals surface area contributed by atoms with Crippen molar-refractivity contribution in [2.24, 2.45) is 0 Å². The maximum atomic E-state index is 12.5. The number of halogens is 2. The zero-order valence-electron chi connectivity index (χ0n) is 14.1. The maximum Gasteiger partial charge on any atom is 0.189 e. The van der Waals surface area contributed by atoms with E-state index in [1.807, 2.05) is 13.0 Å². The predicted octanol–water partition coefficient (Wildman–Crippen LogP) is 2.92. The Kier molecular flexibility index (Phi) is 5.97. The molecule has 0 aliphatic carbocycles. The first-order valence-corrected chi connectivity index (χ1v) is 8.22. The van der Waals surface area contributed by atoms with Crippen LogP contribution in [0, 0.1) is 13.8 Å². The molecule has 132 valence electrons. The SMILES string of the molecule is Cc1ccc(C)c2c(=O)cc(CN3[C@@H]4CC[C@H]3CNC4)[nH]c12.Cl.Cl. The van der Waals surface area contributed by atoms with Crippen LogP contribution in [0.5, 0.6) is 0 Å². The van der Waals surface area contributed by atoms with E-state index >= 15 is 0 Å². The average Bonchev–Trinajstić information content (AvgIpc) is 2.72. The highest BCUT2D eigenvalue weighted by molar-refractivity contribution is 5.86. The molecule has 1 aromatic heterocycles. The van der Waals surface area contributed by atoms with Crippen LogP contribution in [0.25, 0.3) is 10.9 Å². The standard InChI is InChI=1S/C18H23N3O.2ClH/c1-11-3-4-12(2)18-17(11)16(22)7-13(20-18)10-21-14-5-6-15(21)9-19-8-14;;/h3-4,7,14-15,19H,5-6,8-10H2,1-2H3,(H,20,22);2*1H/t14-,15+;;. The molecule has 0 saturated carbocycles. The maximum absolute atomic E-state index is 12.5. The number of hydrogen-bond donors (Lipinski definition) is 2. The Hall–Kier alpha value is -1.07. The largest absolute Gasteiger partial charge is 0.357 e. The molecule has 0 spiro atoms. The zero-order chi connectivity index (χ0) is 15.3. The van der Waals surface area contributed by atoms with E-state index in [0.717, 1.165) is 47.4 Å². The zero-order valence-corrected chi connectivity index (χ0v) is 15.7. The van der Waals surface area contributed by atoms with Crippen molar-refractivity contribution >= 4 is 35.7 Å². The van der Waals surface area contributed by atoms with Gasteiger partial charge in [0.15, 0.2) is 5.43 Å². The topological polar surface area (TPSA) is 48.1 Å². The van der Waals surface area contributed by atoms with E-state index in [1.54, 1.807) is 6.07 Å². The van der Waals surface area contributed by atoms with Crippen LogP contribution in [-0.4, -0.2) is 35.1 Å². The van der Waals surface area contributed by atoms with Gasteiger partial charge in [0.05, 0.1) is 5.52 Å². The van der Waals surface area contributed by atoms with Gasteiger partial charge in [-0.05, 0) is 37.8 Å². The molecular weight excluding hydrogens is 345 g/mol. The molecule has 0 unspecified atom stereocenters. The van der Waals surface area contributed by atoms with Gasteiger partial charge >= 0.3 is 0 Å². The number of hydrogen-bond acceptors (Lipinski definition) is 3. The van der Waals surface area contributed by atoms with Crippen molar-refractivity contribution in [2.45, 2.75) is 45.3 Å². The Bertz CT molecular complexity index is 774. The van der Waals surface area contributed by atoms with Gasteiger partial charge in [-0.2, -0.15) is 0 Å². The number of aromatic amines is 1. The van der Waals surface area contributed by atoms with Crippen molar-refractivity contribution in [3.05, 3.63) is 45.2 Å². The van der Waals surface area contributed by atoms with Crippen LogP contribution in [-0.2, 0) is 6.54 Å². The van der Waals surface area contributed by atoms with E-state index < -0.39 is 0 Å². The summed E-state index contributed by atoms with van der Waals surface area (Å²) in [6, 6.07) is 7.17. The Balaban J connectivity index is 0.00000104. The van der Waals surface area contributed by atoms with Gasteiger partial charge in [0.1, 0.15) is 0 Å². The highest BCUT2D eigenvalue weighted by Crippen LogP contribution is 2.28. The number of benzene rings is 1. The van der Waals surface area contributed by atoms with Crippen molar-refractivity contribution in [1.29, 1.82) is 0 Å². The summed E-state index contributed by atoms with van der Waals surface area (Å²) in [4.78, 5) is 18.6. The van der Waals surface area contributed by atoms with E-state index in [0.29, 0.717) is 12.1 Å². The number of aromatic nitrogens is 1. The highest BCUT2D eigenvalue weighted by atomic mass is 35.5. The van der Waals surface area contributed by atoms with Gasteiger partial charge in [-0.15, -0.1) is 24.8 Å². The summed E-state index contributed by atoms with van der Waals surface area (Å²) in [6.07, 6.45) is 2.54. The molecule has 24 heavy (non-hydrogen) atoms. The fourth-order valence-corrected chi connectivity index (χ4v) is 4.13. The van der Waals surface area contributed by atoms with Crippen LogP contribution in [0.1, 0.15) is 29.7 Å². The Morgan fingerprint density at radius 3 is 2.38 bits per heavy atom. The first kappa shape index (κ1) is 19.3. The quantitative estimate of drug-likeness (QED) is 0.855. The summed E-state index contributed by atoms with van der Waals surface area (Å²) in [7, 11) is 0. The molecule has 2 bridgehead atoms. The number of fused-ring (bicyclic) bond motifs is 3. The third-order valence-corrected chi connectivity index (χ3v) is 5.34. The summed E-state index contributed by atoms with van der Waals surface area (Å²) in [6.45, 7) is 7.08. The third kappa shape index (κ3) is 3.21. The molecule has 1 aromatic carbocycles.